The lowest BCUT2D eigenvalue weighted by molar-refractivity contribution is -0.117. The number of hydrogen-bond donors (Lipinski definition) is 2. The standard InChI is InChI=1S/C20H24N2O2.ClH/c21-19(16-6-2-1-3-7-16)20(23)22-17-12-10-15(11-13-17)14-24-18-8-4-5-9-18;/h1-3,6-7,10-13,18-19H,4-5,8-9,14,21H2,(H,22,23);1H. The maximum Gasteiger partial charge on any atom is 0.245 e. The Labute approximate surface area is 155 Å². The number of carbonyl (C=O) groups excluding carboxylic acids is 1. The van der Waals surface area contributed by atoms with Crippen LogP contribution in [0.4, 0.5) is 5.69 Å². The molecular formula is C20H25ClN2O2. The van der Waals surface area contributed by atoms with Crippen molar-refractivity contribution in [2.45, 2.75) is 44.4 Å². The lowest BCUT2D eigenvalue weighted by atomic mass is 10.1. The third kappa shape index (κ3) is 5.56. The molecule has 1 atom stereocenters. The predicted molar refractivity (Wildman–Crippen MR) is 103 cm³/mol. The van der Waals surface area contributed by atoms with Crippen molar-refractivity contribution in [3.63, 3.8) is 0 Å². The number of hydrogen-bond acceptors (Lipinski definition) is 3. The topological polar surface area (TPSA) is 64.4 Å². The summed E-state index contributed by atoms with van der Waals surface area (Å²) in [6.45, 7) is 0.627. The minimum absolute atomic E-state index is 0. The normalized spacial score (nSPS) is 15.4. The molecule has 0 spiro atoms. The highest BCUT2D eigenvalue weighted by molar-refractivity contribution is 5.95. The van der Waals surface area contributed by atoms with Crippen molar-refractivity contribution in [3.05, 3.63) is 65.7 Å². The van der Waals surface area contributed by atoms with E-state index in [1.165, 1.54) is 25.7 Å². The first-order chi connectivity index (χ1) is 11.7. The van der Waals surface area contributed by atoms with Gasteiger partial charge in [0.05, 0.1) is 12.7 Å². The number of rotatable bonds is 6. The van der Waals surface area contributed by atoms with Crippen molar-refractivity contribution in [1.82, 2.24) is 0 Å². The van der Waals surface area contributed by atoms with E-state index in [2.05, 4.69) is 5.32 Å². The Hall–Kier alpha value is -1.88. The number of halogens is 1. The van der Waals surface area contributed by atoms with Crippen LogP contribution in [0.25, 0.3) is 0 Å². The second-order valence-electron chi connectivity index (χ2n) is 6.29. The quantitative estimate of drug-likeness (QED) is 0.811. The maximum atomic E-state index is 12.2. The van der Waals surface area contributed by atoms with Gasteiger partial charge in [0, 0.05) is 5.69 Å². The van der Waals surface area contributed by atoms with Crippen molar-refractivity contribution in [2.24, 2.45) is 5.73 Å². The molecule has 2 aromatic rings. The highest BCUT2D eigenvalue weighted by Crippen LogP contribution is 2.22. The van der Waals surface area contributed by atoms with Crippen LogP contribution in [-0.4, -0.2) is 12.0 Å². The second-order valence-corrected chi connectivity index (χ2v) is 6.29. The van der Waals surface area contributed by atoms with Crippen LogP contribution in [0.3, 0.4) is 0 Å². The summed E-state index contributed by atoms with van der Waals surface area (Å²) in [4.78, 5) is 12.2. The molecule has 134 valence electrons. The fourth-order valence-electron chi connectivity index (χ4n) is 2.99. The smallest absolute Gasteiger partial charge is 0.245 e. The summed E-state index contributed by atoms with van der Waals surface area (Å²) < 4.78 is 5.90. The number of anilines is 1. The third-order valence-electron chi connectivity index (χ3n) is 4.45. The Morgan fingerprint density at radius 3 is 2.36 bits per heavy atom. The zero-order chi connectivity index (χ0) is 16.8. The van der Waals surface area contributed by atoms with E-state index in [-0.39, 0.29) is 18.3 Å². The van der Waals surface area contributed by atoms with Crippen molar-refractivity contribution in [3.8, 4) is 0 Å². The van der Waals surface area contributed by atoms with Crippen molar-refractivity contribution in [2.75, 3.05) is 5.32 Å². The molecule has 1 fully saturated rings. The number of amides is 1. The summed E-state index contributed by atoms with van der Waals surface area (Å²) in [5.41, 5.74) is 8.67. The first-order valence-electron chi connectivity index (χ1n) is 8.54. The van der Waals surface area contributed by atoms with Gasteiger partial charge in [0.2, 0.25) is 5.91 Å². The molecule has 0 aromatic heterocycles. The van der Waals surface area contributed by atoms with Gasteiger partial charge in [-0.25, -0.2) is 0 Å². The molecule has 1 saturated carbocycles. The van der Waals surface area contributed by atoms with Crippen LogP contribution in [0.5, 0.6) is 0 Å². The van der Waals surface area contributed by atoms with Gasteiger partial charge in [0.1, 0.15) is 6.04 Å². The molecule has 25 heavy (non-hydrogen) atoms. The van der Waals surface area contributed by atoms with Gasteiger partial charge in [-0.2, -0.15) is 0 Å². The molecule has 2 aromatic carbocycles. The van der Waals surface area contributed by atoms with Gasteiger partial charge in [-0.05, 0) is 36.1 Å². The van der Waals surface area contributed by atoms with E-state index in [1.807, 2.05) is 54.6 Å². The van der Waals surface area contributed by atoms with E-state index in [1.54, 1.807) is 0 Å². The third-order valence-corrected chi connectivity index (χ3v) is 4.45. The Morgan fingerprint density at radius 1 is 1.08 bits per heavy atom. The molecule has 1 amide bonds. The fourth-order valence-corrected chi connectivity index (χ4v) is 2.99. The molecule has 1 aliphatic rings. The summed E-state index contributed by atoms with van der Waals surface area (Å²) >= 11 is 0. The van der Waals surface area contributed by atoms with Gasteiger partial charge in [0.15, 0.2) is 0 Å². The number of ether oxygens (including phenoxy) is 1. The van der Waals surface area contributed by atoms with Gasteiger partial charge in [0.25, 0.3) is 0 Å². The molecule has 0 bridgehead atoms. The zero-order valence-electron chi connectivity index (χ0n) is 14.2. The average Bonchev–Trinajstić information content (AvgIpc) is 3.15. The maximum absolute atomic E-state index is 12.2. The Balaban J connectivity index is 0.00000225. The summed E-state index contributed by atoms with van der Waals surface area (Å²) in [5.74, 6) is -0.212. The van der Waals surface area contributed by atoms with E-state index < -0.39 is 6.04 Å². The minimum atomic E-state index is -0.670. The molecular weight excluding hydrogens is 336 g/mol. The van der Waals surface area contributed by atoms with E-state index >= 15 is 0 Å². The van der Waals surface area contributed by atoms with E-state index in [0.29, 0.717) is 12.7 Å². The minimum Gasteiger partial charge on any atom is -0.374 e. The molecule has 3 N–H and O–H groups in total. The monoisotopic (exact) mass is 360 g/mol. The van der Waals surface area contributed by atoms with Crippen LogP contribution < -0.4 is 11.1 Å². The Bertz CT molecular complexity index is 655. The SMILES string of the molecule is Cl.NC(C(=O)Nc1ccc(COC2CCCC2)cc1)c1ccccc1. The zero-order valence-corrected chi connectivity index (χ0v) is 15.0. The van der Waals surface area contributed by atoms with E-state index in [9.17, 15) is 4.79 Å². The Kier molecular flexibility index (Phi) is 7.44. The first-order valence-corrected chi connectivity index (χ1v) is 8.54. The van der Waals surface area contributed by atoms with E-state index in [4.69, 9.17) is 10.5 Å². The van der Waals surface area contributed by atoms with Gasteiger partial charge >= 0.3 is 0 Å². The number of benzene rings is 2. The van der Waals surface area contributed by atoms with Crippen molar-refractivity contribution >= 4 is 24.0 Å². The highest BCUT2D eigenvalue weighted by atomic mass is 35.5. The van der Waals surface area contributed by atoms with Gasteiger partial charge in [-0.3, -0.25) is 4.79 Å². The molecule has 0 saturated heterocycles. The summed E-state index contributed by atoms with van der Waals surface area (Å²) in [6.07, 6.45) is 5.30. The van der Waals surface area contributed by atoms with Gasteiger partial charge < -0.3 is 15.8 Å². The average molecular weight is 361 g/mol. The number of nitrogens with two attached hydrogens (primary N) is 1. The number of nitrogens with one attached hydrogen (secondary N) is 1. The number of carbonyl (C=O) groups is 1. The van der Waals surface area contributed by atoms with Crippen LogP contribution in [0.2, 0.25) is 0 Å². The predicted octanol–water partition coefficient (Wildman–Crippen LogP) is 4.21. The first kappa shape index (κ1) is 19.4. The van der Waals surface area contributed by atoms with E-state index in [0.717, 1.165) is 16.8 Å². The van der Waals surface area contributed by atoms with Crippen molar-refractivity contribution < 1.29 is 9.53 Å². The van der Waals surface area contributed by atoms with Crippen LogP contribution in [-0.2, 0) is 16.1 Å². The summed E-state index contributed by atoms with van der Waals surface area (Å²) in [6, 6.07) is 16.4. The molecule has 0 heterocycles. The van der Waals surface area contributed by atoms with Crippen LogP contribution in [0.1, 0.15) is 42.9 Å². The Morgan fingerprint density at radius 2 is 1.72 bits per heavy atom. The molecule has 0 aliphatic heterocycles. The molecule has 4 nitrogen and oxygen atoms in total. The highest BCUT2D eigenvalue weighted by Gasteiger charge is 2.16. The molecule has 5 heteroatoms. The molecule has 3 rings (SSSR count). The fraction of sp³-hybridized carbons (Fsp3) is 0.350. The van der Waals surface area contributed by atoms with Gasteiger partial charge in [-0.15, -0.1) is 12.4 Å². The van der Waals surface area contributed by atoms with Crippen LogP contribution >= 0.6 is 12.4 Å². The lowest BCUT2D eigenvalue weighted by Gasteiger charge is -2.14. The lowest BCUT2D eigenvalue weighted by Crippen LogP contribution is -2.27. The summed E-state index contributed by atoms with van der Waals surface area (Å²) in [5, 5.41) is 2.86. The largest absolute Gasteiger partial charge is 0.374 e. The summed E-state index contributed by atoms with van der Waals surface area (Å²) in [7, 11) is 0. The second kappa shape index (κ2) is 9.56. The van der Waals surface area contributed by atoms with Crippen molar-refractivity contribution in [1.29, 1.82) is 0 Å². The molecule has 1 aliphatic carbocycles. The van der Waals surface area contributed by atoms with Gasteiger partial charge in [-0.1, -0.05) is 55.3 Å². The van der Waals surface area contributed by atoms with Crippen LogP contribution in [0, 0.1) is 0 Å². The molecule has 1 unspecified atom stereocenters. The molecule has 0 radical (unpaired) electrons. The van der Waals surface area contributed by atoms with Crippen LogP contribution in [0.15, 0.2) is 54.6 Å².